The molecule has 0 spiro atoms. The number of nitrogens with two attached hydrogens (primary N) is 1. The van der Waals surface area contributed by atoms with E-state index in [-0.39, 0.29) is 23.0 Å². The van der Waals surface area contributed by atoms with Gasteiger partial charge in [0.15, 0.2) is 10.9 Å². The van der Waals surface area contributed by atoms with Crippen LogP contribution in [0.1, 0.15) is 13.3 Å². The maximum absolute atomic E-state index is 15.5. The highest BCUT2D eigenvalue weighted by atomic mass is 32.2. The summed E-state index contributed by atoms with van der Waals surface area (Å²) in [6.07, 6.45) is 1.97. The van der Waals surface area contributed by atoms with Crippen LogP contribution >= 0.6 is 11.3 Å². The van der Waals surface area contributed by atoms with Crippen molar-refractivity contribution in [2.24, 2.45) is 0 Å². The SMILES string of the molecule is CCCS(=O)(=O)Nc1cccc(-c2nc(N3CCNCC3)sc2-c2ccnc(N)n2)c1F. The number of nitrogens with one attached hydrogen (secondary N) is 2. The van der Waals surface area contributed by atoms with E-state index in [2.05, 4.69) is 24.9 Å². The summed E-state index contributed by atoms with van der Waals surface area (Å²) in [4.78, 5) is 15.7. The third-order valence-electron chi connectivity index (χ3n) is 4.90. The average molecular weight is 478 g/mol. The van der Waals surface area contributed by atoms with Crippen LogP contribution in [0.2, 0.25) is 0 Å². The first-order valence-corrected chi connectivity index (χ1v) is 12.7. The summed E-state index contributed by atoms with van der Waals surface area (Å²) in [7, 11) is -3.65. The fourth-order valence-electron chi connectivity index (χ4n) is 3.44. The van der Waals surface area contributed by atoms with Gasteiger partial charge >= 0.3 is 0 Å². The summed E-state index contributed by atoms with van der Waals surface area (Å²) in [5.74, 6) is -0.675. The van der Waals surface area contributed by atoms with E-state index in [1.165, 1.54) is 23.6 Å². The molecule has 0 bridgehead atoms. The van der Waals surface area contributed by atoms with Crippen molar-refractivity contribution in [3.8, 4) is 21.8 Å². The van der Waals surface area contributed by atoms with Crippen LogP contribution in [0, 0.1) is 5.82 Å². The topological polar surface area (TPSA) is 126 Å². The van der Waals surface area contributed by atoms with Gasteiger partial charge in [-0.25, -0.2) is 27.8 Å². The Balaban J connectivity index is 1.82. The molecule has 0 saturated carbocycles. The zero-order valence-corrected chi connectivity index (χ0v) is 19.1. The molecule has 0 unspecified atom stereocenters. The molecule has 1 aromatic carbocycles. The molecule has 1 fully saturated rings. The number of thiazole rings is 1. The quantitative estimate of drug-likeness (QED) is 0.474. The van der Waals surface area contributed by atoms with Crippen molar-refractivity contribution >= 4 is 38.1 Å². The molecule has 4 rings (SSSR count). The Labute approximate surface area is 190 Å². The zero-order chi connectivity index (χ0) is 22.7. The summed E-state index contributed by atoms with van der Waals surface area (Å²) < 4.78 is 42.3. The Morgan fingerprint density at radius 2 is 2.03 bits per heavy atom. The van der Waals surface area contributed by atoms with Gasteiger partial charge < -0.3 is 16.0 Å². The summed E-state index contributed by atoms with van der Waals surface area (Å²) in [5.41, 5.74) is 6.77. The van der Waals surface area contributed by atoms with Gasteiger partial charge in [-0.3, -0.25) is 4.72 Å². The lowest BCUT2D eigenvalue weighted by Crippen LogP contribution is -2.43. The molecule has 0 radical (unpaired) electrons. The third-order valence-corrected chi connectivity index (χ3v) is 7.52. The first kappa shape index (κ1) is 22.4. The Kier molecular flexibility index (Phi) is 6.53. The Morgan fingerprint density at radius 1 is 1.25 bits per heavy atom. The third kappa shape index (κ3) is 4.81. The van der Waals surface area contributed by atoms with Crippen molar-refractivity contribution in [1.82, 2.24) is 20.3 Å². The molecule has 32 heavy (non-hydrogen) atoms. The molecule has 9 nitrogen and oxygen atoms in total. The lowest BCUT2D eigenvalue weighted by Gasteiger charge is -2.26. The number of hydrogen-bond acceptors (Lipinski definition) is 9. The van der Waals surface area contributed by atoms with Crippen molar-refractivity contribution in [3.05, 3.63) is 36.3 Å². The van der Waals surface area contributed by atoms with Crippen molar-refractivity contribution in [2.75, 3.05) is 47.3 Å². The fraction of sp³-hybridized carbons (Fsp3) is 0.350. The molecule has 12 heteroatoms. The Hall–Kier alpha value is -2.83. The van der Waals surface area contributed by atoms with Crippen LogP contribution in [0.5, 0.6) is 0 Å². The van der Waals surface area contributed by atoms with Crippen molar-refractivity contribution in [1.29, 1.82) is 0 Å². The summed E-state index contributed by atoms with van der Waals surface area (Å²) in [6, 6.07) is 6.28. The average Bonchev–Trinajstić information content (AvgIpc) is 3.21. The van der Waals surface area contributed by atoms with Crippen LogP contribution in [0.25, 0.3) is 21.8 Å². The van der Waals surface area contributed by atoms with E-state index in [1.807, 2.05) is 0 Å². The van der Waals surface area contributed by atoms with E-state index in [9.17, 15) is 8.42 Å². The molecule has 1 aliphatic heterocycles. The maximum atomic E-state index is 15.5. The monoisotopic (exact) mass is 477 g/mol. The Bertz CT molecular complexity index is 1210. The van der Waals surface area contributed by atoms with Crippen LogP contribution in [0.15, 0.2) is 30.5 Å². The predicted molar refractivity (Wildman–Crippen MR) is 126 cm³/mol. The van der Waals surface area contributed by atoms with Gasteiger partial charge in [0.2, 0.25) is 16.0 Å². The highest BCUT2D eigenvalue weighted by Gasteiger charge is 2.24. The highest BCUT2D eigenvalue weighted by molar-refractivity contribution is 7.92. The highest BCUT2D eigenvalue weighted by Crippen LogP contribution is 2.41. The number of rotatable bonds is 7. The molecule has 0 amide bonds. The number of benzene rings is 1. The largest absolute Gasteiger partial charge is 0.368 e. The zero-order valence-electron chi connectivity index (χ0n) is 17.5. The van der Waals surface area contributed by atoms with Gasteiger partial charge in [-0.15, -0.1) is 0 Å². The lowest BCUT2D eigenvalue weighted by molar-refractivity contribution is 0.588. The van der Waals surface area contributed by atoms with Crippen LogP contribution < -0.4 is 20.7 Å². The van der Waals surface area contributed by atoms with Crippen molar-refractivity contribution < 1.29 is 12.8 Å². The van der Waals surface area contributed by atoms with E-state index in [1.54, 1.807) is 25.1 Å². The number of nitrogens with zero attached hydrogens (tertiary/aromatic N) is 4. The number of halogens is 1. The molecule has 2 aromatic heterocycles. The van der Waals surface area contributed by atoms with Crippen LogP contribution in [0.4, 0.5) is 21.2 Å². The summed E-state index contributed by atoms with van der Waals surface area (Å²) in [5, 5.41) is 4.04. The van der Waals surface area contributed by atoms with Gasteiger partial charge in [-0.2, -0.15) is 0 Å². The molecular formula is C20H24FN7O2S2. The molecular weight excluding hydrogens is 453 g/mol. The van der Waals surface area contributed by atoms with Gasteiger partial charge in [0, 0.05) is 37.9 Å². The molecule has 3 aromatic rings. The summed E-state index contributed by atoms with van der Waals surface area (Å²) >= 11 is 1.39. The number of hydrogen-bond donors (Lipinski definition) is 3. The second-order valence-corrected chi connectivity index (χ2v) is 10.1. The fourth-order valence-corrected chi connectivity index (χ4v) is 5.67. The molecule has 4 N–H and O–H groups in total. The number of aromatic nitrogens is 3. The van der Waals surface area contributed by atoms with E-state index in [0.717, 1.165) is 31.3 Å². The summed E-state index contributed by atoms with van der Waals surface area (Å²) in [6.45, 7) is 4.95. The second kappa shape index (κ2) is 9.35. The smallest absolute Gasteiger partial charge is 0.232 e. The van der Waals surface area contributed by atoms with Crippen LogP contribution in [-0.4, -0.2) is 55.3 Å². The van der Waals surface area contributed by atoms with Gasteiger partial charge in [0.05, 0.1) is 27.7 Å². The van der Waals surface area contributed by atoms with Crippen molar-refractivity contribution in [2.45, 2.75) is 13.3 Å². The molecule has 170 valence electrons. The normalized spacial score (nSPS) is 14.5. The maximum Gasteiger partial charge on any atom is 0.232 e. The Morgan fingerprint density at radius 3 is 2.75 bits per heavy atom. The first-order valence-electron chi connectivity index (χ1n) is 10.2. The minimum Gasteiger partial charge on any atom is -0.368 e. The molecule has 0 aliphatic carbocycles. The van der Waals surface area contributed by atoms with E-state index >= 15 is 4.39 Å². The molecule has 0 atom stereocenters. The number of piperazine rings is 1. The van der Waals surface area contributed by atoms with Gasteiger partial charge in [-0.05, 0) is 24.6 Å². The first-order chi connectivity index (χ1) is 15.4. The van der Waals surface area contributed by atoms with Crippen LogP contribution in [0.3, 0.4) is 0 Å². The van der Waals surface area contributed by atoms with Crippen LogP contribution in [-0.2, 0) is 10.0 Å². The number of anilines is 3. The van der Waals surface area contributed by atoms with Crippen molar-refractivity contribution in [3.63, 3.8) is 0 Å². The number of sulfonamides is 1. The van der Waals surface area contributed by atoms with Gasteiger partial charge in [0.1, 0.15) is 0 Å². The second-order valence-electron chi connectivity index (χ2n) is 7.30. The standard InChI is InChI=1S/C20H24FN7O2S2/c1-2-12-32(29,30)27-14-5-3-4-13(16(14)21)17-18(15-6-7-24-19(22)25-15)31-20(26-17)28-10-8-23-9-11-28/h3-7,23,27H,2,8-12H2,1H3,(H2,22,24,25). The van der Waals surface area contributed by atoms with Gasteiger partial charge in [0.25, 0.3) is 0 Å². The molecule has 3 heterocycles. The van der Waals surface area contributed by atoms with E-state index < -0.39 is 15.8 Å². The van der Waals surface area contributed by atoms with E-state index in [0.29, 0.717) is 22.7 Å². The predicted octanol–water partition coefficient (Wildman–Crippen LogP) is 2.55. The molecule has 1 saturated heterocycles. The van der Waals surface area contributed by atoms with E-state index in [4.69, 9.17) is 10.7 Å². The van der Waals surface area contributed by atoms with Gasteiger partial charge in [-0.1, -0.05) is 24.3 Å². The number of nitrogen functional groups attached to an aromatic ring is 1. The minimum absolute atomic E-state index is 0.0913. The lowest BCUT2D eigenvalue weighted by atomic mass is 10.1. The minimum atomic E-state index is -3.65. The molecule has 1 aliphatic rings.